The van der Waals surface area contributed by atoms with Crippen molar-refractivity contribution in [1.29, 1.82) is 0 Å². The van der Waals surface area contributed by atoms with E-state index in [1.165, 1.54) is 12.1 Å². The largest absolute Gasteiger partial charge is 0.490 e. The number of nitro groups is 1. The lowest BCUT2D eigenvalue weighted by atomic mass is 10.1. The minimum Gasteiger partial charge on any atom is -0.490 e. The van der Waals surface area contributed by atoms with Crippen LogP contribution in [0.15, 0.2) is 36.4 Å². The molecule has 0 atom stereocenters. The van der Waals surface area contributed by atoms with Crippen LogP contribution in [-0.2, 0) is 0 Å². The molecule has 2 aliphatic heterocycles. The van der Waals surface area contributed by atoms with Gasteiger partial charge in [-0.25, -0.2) is 0 Å². The molecule has 0 aliphatic carbocycles. The predicted molar refractivity (Wildman–Crippen MR) is 94.8 cm³/mol. The average molecular weight is 382 g/mol. The van der Waals surface area contributed by atoms with Gasteiger partial charge in [-0.2, -0.15) is 0 Å². The van der Waals surface area contributed by atoms with Gasteiger partial charge < -0.3 is 9.47 Å². The zero-order valence-electron chi connectivity index (χ0n) is 14.5. The Bertz CT molecular complexity index is 1030. The fourth-order valence-electron chi connectivity index (χ4n) is 3.11. The highest BCUT2D eigenvalue weighted by molar-refractivity contribution is 6.23. The number of hydrogen-bond acceptors (Lipinski definition) is 7. The van der Waals surface area contributed by atoms with Gasteiger partial charge in [-0.1, -0.05) is 0 Å². The van der Waals surface area contributed by atoms with Gasteiger partial charge in [0.05, 0.1) is 35.8 Å². The lowest BCUT2D eigenvalue weighted by Gasteiger charge is -2.14. The molecule has 0 N–H and O–H groups in total. The summed E-state index contributed by atoms with van der Waals surface area (Å²) in [5, 5.41) is 10.9. The highest BCUT2D eigenvalue weighted by Gasteiger charge is 2.38. The van der Waals surface area contributed by atoms with Gasteiger partial charge in [0, 0.05) is 24.1 Å². The summed E-state index contributed by atoms with van der Waals surface area (Å²) >= 11 is 0. The number of imide groups is 1. The van der Waals surface area contributed by atoms with E-state index in [9.17, 15) is 24.5 Å². The maximum atomic E-state index is 12.6. The van der Waals surface area contributed by atoms with Gasteiger partial charge in [-0.3, -0.25) is 29.4 Å². The summed E-state index contributed by atoms with van der Waals surface area (Å²) in [4.78, 5) is 48.7. The summed E-state index contributed by atoms with van der Waals surface area (Å²) in [7, 11) is 0. The number of nitro benzene ring substituents is 1. The Morgan fingerprint density at radius 2 is 1.71 bits per heavy atom. The van der Waals surface area contributed by atoms with Crippen molar-refractivity contribution in [2.24, 2.45) is 0 Å². The van der Waals surface area contributed by atoms with Crippen molar-refractivity contribution in [2.75, 3.05) is 19.8 Å². The summed E-state index contributed by atoms with van der Waals surface area (Å²) in [6.45, 7) is 0.503. The van der Waals surface area contributed by atoms with Crippen molar-refractivity contribution in [2.45, 2.75) is 6.42 Å². The second kappa shape index (κ2) is 6.76. The zero-order chi connectivity index (χ0) is 19.8. The Morgan fingerprint density at radius 1 is 1.00 bits per heavy atom. The summed E-state index contributed by atoms with van der Waals surface area (Å²) in [6, 6.07) is 8.10. The number of Topliss-reactive ketones (excluding diaryl/α,β-unsaturated/α-hetero) is 1. The van der Waals surface area contributed by atoms with Crippen LogP contribution in [0.5, 0.6) is 11.5 Å². The van der Waals surface area contributed by atoms with Crippen LogP contribution in [0.1, 0.15) is 37.5 Å². The van der Waals surface area contributed by atoms with Gasteiger partial charge in [0.2, 0.25) is 0 Å². The smallest absolute Gasteiger partial charge is 0.270 e. The molecule has 2 amide bonds. The van der Waals surface area contributed by atoms with Crippen LogP contribution in [0.4, 0.5) is 5.69 Å². The Labute approximate surface area is 158 Å². The van der Waals surface area contributed by atoms with Crippen molar-refractivity contribution in [1.82, 2.24) is 4.90 Å². The predicted octanol–water partition coefficient (Wildman–Crippen LogP) is 2.23. The number of hydrogen-bond donors (Lipinski definition) is 0. The molecule has 0 saturated heterocycles. The first-order valence-electron chi connectivity index (χ1n) is 8.53. The van der Waals surface area contributed by atoms with Crippen molar-refractivity contribution >= 4 is 23.3 Å². The van der Waals surface area contributed by atoms with Crippen LogP contribution >= 0.6 is 0 Å². The molecule has 0 bridgehead atoms. The van der Waals surface area contributed by atoms with E-state index < -0.39 is 29.1 Å². The maximum absolute atomic E-state index is 12.6. The summed E-state index contributed by atoms with van der Waals surface area (Å²) in [5.74, 6) is -0.882. The SMILES string of the molecule is O=C(CN1C(=O)c2ccc([N+](=O)[O-])cc2C1=O)c1ccc2c(c1)OCCCO2. The number of rotatable bonds is 4. The van der Waals surface area contributed by atoms with E-state index in [0.717, 1.165) is 23.5 Å². The molecule has 0 aromatic heterocycles. The van der Waals surface area contributed by atoms with E-state index in [2.05, 4.69) is 0 Å². The molecule has 4 rings (SSSR count). The van der Waals surface area contributed by atoms with Gasteiger partial charge in [0.1, 0.15) is 0 Å². The van der Waals surface area contributed by atoms with Crippen molar-refractivity contribution in [3.8, 4) is 11.5 Å². The molecule has 9 heteroatoms. The van der Waals surface area contributed by atoms with E-state index in [0.29, 0.717) is 24.7 Å². The molecule has 0 spiro atoms. The molecule has 2 aromatic carbocycles. The van der Waals surface area contributed by atoms with Crippen LogP contribution < -0.4 is 9.47 Å². The molecule has 9 nitrogen and oxygen atoms in total. The first kappa shape index (κ1) is 17.7. The van der Waals surface area contributed by atoms with E-state index in [1.54, 1.807) is 12.1 Å². The lowest BCUT2D eigenvalue weighted by Crippen LogP contribution is -2.34. The standard InChI is InChI=1S/C19H14N2O7/c22-15(11-2-5-16-17(8-11)28-7-1-6-27-16)10-20-18(23)13-4-3-12(21(25)26)9-14(13)19(20)24/h2-5,8-9H,1,6-7,10H2. The molecule has 142 valence electrons. The minimum absolute atomic E-state index is 0.0436. The highest BCUT2D eigenvalue weighted by Crippen LogP contribution is 2.31. The van der Waals surface area contributed by atoms with E-state index in [-0.39, 0.29) is 22.4 Å². The molecule has 2 aliphatic rings. The Morgan fingerprint density at radius 3 is 2.46 bits per heavy atom. The van der Waals surface area contributed by atoms with Crippen LogP contribution in [0, 0.1) is 10.1 Å². The van der Waals surface area contributed by atoms with Gasteiger partial charge >= 0.3 is 0 Å². The second-order valence-electron chi connectivity index (χ2n) is 6.32. The van der Waals surface area contributed by atoms with E-state index in [1.807, 2.05) is 0 Å². The first-order valence-corrected chi connectivity index (χ1v) is 8.53. The molecule has 0 fully saturated rings. The minimum atomic E-state index is -0.730. The second-order valence-corrected chi connectivity index (χ2v) is 6.32. The number of fused-ring (bicyclic) bond motifs is 2. The van der Waals surface area contributed by atoms with Gasteiger partial charge in [-0.05, 0) is 24.3 Å². The fourth-order valence-corrected chi connectivity index (χ4v) is 3.11. The molecule has 28 heavy (non-hydrogen) atoms. The maximum Gasteiger partial charge on any atom is 0.270 e. The van der Waals surface area contributed by atoms with Gasteiger partial charge in [0.15, 0.2) is 17.3 Å². The van der Waals surface area contributed by atoms with Crippen LogP contribution in [0.2, 0.25) is 0 Å². The van der Waals surface area contributed by atoms with Gasteiger partial charge in [0.25, 0.3) is 17.5 Å². The third-order valence-electron chi connectivity index (χ3n) is 4.54. The summed E-state index contributed by atoms with van der Waals surface area (Å²) < 4.78 is 11.1. The molecule has 0 radical (unpaired) electrons. The fraction of sp³-hybridized carbons (Fsp3) is 0.211. The topological polar surface area (TPSA) is 116 Å². The van der Waals surface area contributed by atoms with E-state index >= 15 is 0 Å². The number of carbonyl (C=O) groups is 3. The van der Waals surface area contributed by atoms with E-state index in [4.69, 9.17) is 9.47 Å². The quantitative estimate of drug-likeness (QED) is 0.344. The number of non-ortho nitro benzene ring substituents is 1. The number of carbonyl (C=O) groups excluding carboxylic acids is 3. The normalized spacial score (nSPS) is 15.2. The Kier molecular flexibility index (Phi) is 4.26. The highest BCUT2D eigenvalue weighted by atomic mass is 16.6. The average Bonchev–Trinajstić information content (AvgIpc) is 2.85. The molecule has 0 unspecified atom stereocenters. The number of amides is 2. The first-order chi connectivity index (χ1) is 13.5. The third kappa shape index (κ3) is 2.96. The number of nitrogens with zero attached hydrogens (tertiary/aromatic N) is 2. The Hall–Kier alpha value is -3.75. The number of ketones is 1. The molecule has 2 aromatic rings. The van der Waals surface area contributed by atoms with Crippen molar-refractivity contribution in [3.63, 3.8) is 0 Å². The van der Waals surface area contributed by atoms with Crippen LogP contribution in [-0.4, -0.2) is 47.2 Å². The third-order valence-corrected chi connectivity index (χ3v) is 4.54. The Balaban J connectivity index is 1.57. The zero-order valence-corrected chi connectivity index (χ0v) is 14.5. The summed E-state index contributed by atoms with van der Waals surface area (Å²) in [5.41, 5.74) is -0.0597. The summed E-state index contributed by atoms with van der Waals surface area (Å²) in [6.07, 6.45) is 0.721. The van der Waals surface area contributed by atoms with Crippen LogP contribution in [0.25, 0.3) is 0 Å². The molecular weight excluding hydrogens is 368 g/mol. The van der Waals surface area contributed by atoms with Crippen molar-refractivity contribution < 1.29 is 28.8 Å². The van der Waals surface area contributed by atoms with Crippen LogP contribution in [0.3, 0.4) is 0 Å². The van der Waals surface area contributed by atoms with Gasteiger partial charge in [-0.15, -0.1) is 0 Å². The monoisotopic (exact) mass is 382 g/mol. The molecular formula is C19H14N2O7. The lowest BCUT2D eigenvalue weighted by molar-refractivity contribution is -0.384. The molecule has 0 saturated carbocycles. The molecule has 2 heterocycles. The number of ether oxygens (including phenoxy) is 2. The van der Waals surface area contributed by atoms with Crippen molar-refractivity contribution in [3.05, 3.63) is 63.2 Å². The number of benzene rings is 2.